The smallest absolute Gasteiger partial charge is 0.302 e. The maximum absolute atomic E-state index is 11.0. The summed E-state index contributed by atoms with van der Waals surface area (Å²) >= 11 is 0. The summed E-state index contributed by atoms with van der Waals surface area (Å²) in [5.74, 6) is 0.386. The van der Waals surface area contributed by atoms with E-state index in [4.69, 9.17) is 4.74 Å². The third kappa shape index (κ3) is 4.65. The summed E-state index contributed by atoms with van der Waals surface area (Å²) in [6, 6.07) is 0. The minimum atomic E-state index is -0.134. The fourth-order valence-electron chi connectivity index (χ4n) is 2.40. The van der Waals surface area contributed by atoms with Crippen LogP contribution in [0.1, 0.15) is 39.0 Å². The van der Waals surface area contributed by atoms with Crippen molar-refractivity contribution in [2.75, 3.05) is 20.6 Å². The van der Waals surface area contributed by atoms with E-state index in [0.717, 1.165) is 13.0 Å². The van der Waals surface area contributed by atoms with Gasteiger partial charge >= 0.3 is 5.97 Å². The molecule has 0 saturated heterocycles. The first kappa shape index (κ1) is 12.5. The molecule has 2 atom stereocenters. The number of ether oxygens (including phenoxy) is 1. The summed E-state index contributed by atoms with van der Waals surface area (Å²) < 4.78 is 5.42. The molecule has 0 aromatic rings. The summed E-state index contributed by atoms with van der Waals surface area (Å²) in [5.41, 5.74) is 0. The average molecular weight is 213 g/mol. The Balaban J connectivity index is 2.54. The number of rotatable bonds is 3. The second kappa shape index (κ2) is 6.11. The zero-order valence-electron chi connectivity index (χ0n) is 10.2. The first-order chi connectivity index (χ1) is 7.09. The molecule has 0 heterocycles. The largest absolute Gasteiger partial charge is 0.462 e. The Bertz CT molecular complexity index is 204. The highest BCUT2D eigenvalue weighted by atomic mass is 16.5. The summed E-state index contributed by atoms with van der Waals surface area (Å²) in [7, 11) is 4.16. The molecular weight excluding hydrogens is 190 g/mol. The molecule has 3 nitrogen and oxygen atoms in total. The van der Waals surface area contributed by atoms with Gasteiger partial charge in [-0.25, -0.2) is 0 Å². The van der Waals surface area contributed by atoms with Crippen molar-refractivity contribution in [3.05, 3.63) is 0 Å². The molecule has 0 unspecified atom stereocenters. The molecule has 1 aliphatic carbocycles. The van der Waals surface area contributed by atoms with Gasteiger partial charge < -0.3 is 9.64 Å². The molecule has 1 fully saturated rings. The average Bonchev–Trinajstić information content (AvgIpc) is 2.30. The molecule has 1 aliphatic rings. The van der Waals surface area contributed by atoms with Crippen molar-refractivity contribution >= 4 is 5.97 Å². The van der Waals surface area contributed by atoms with E-state index >= 15 is 0 Å². The fourth-order valence-corrected chi connectivity index (χ4v) is 2.40. The van der Waals surface area contributed by atoms with Crippen LogP contribution in [0.3, 0.4) is 0 Å². The molecular formula is C12H23NO2. The van der Waals surface area contributed by atoms with Crippen LogP contribution < -0.4 is 0 Å². The van der Waals surface area contributed by atoms with Gasteiger partial charge in [-0.15, -0.1) is 0 Å². The van der Waals surface area contributed by atoms with E-state index in [9.17, 15) is 4.79 Å². The highest BCUT2D eigenvalue weighted by molar-refractivity contribution is 5.66. The minimum absolute atomic E-state index is 0.134. The predicted octanol–water partition coefficient (Wildman–Crippen LogP) is 2.06. The summed E-state index contributed by atoms with van der Waals surface area (Å²) in [4.78, 5) is 13.2. The van der Waals surface area contributed by atoms with E-state index in [1.807, 2.05) is 0 Å². The fraction of sp³-hybridized carbons (Fsp3) is 0.917. The molecule has 3 heteroatoms. The zero-order chi connectivity index (χ0) is 11.3. The van der Waals surface area contributed by atoms with E-state index in [-0.39, 0.29) is 12.1 Å². The van der Waals surface area contributed by atoms with Gasteiger partial charge in [-0.2, -0.15) is 0 Å². The number of carbonyl (C=O) groups excluding carboxylic acids is 1. The SMILES string of the molecule is CC(=O)O[C@@H]1CCCCC[C@H]1CN(C)C. The second-order valence-electron chi connectivity index (χ2n) is 4.81. The van der Waals surface area contributed by atoms with E-state index in [1.165, 1.54) is 32.6 Å². The normalized spacial score (nSPS) is 27.5. The highest BCUT2D eigenvalue weighted by Crippen LogP contribution is 2.26. The van der Waals surface area contributed by atoms with E-state index in [2.05, 4.69) is 19.0 Å². The molecule has 0 amide bonds. The Morgan fingerprint density at radius 1 is 1.27 bits per heavy atom. The zero-order valence-corrected chi connectivity index (χ0v) is 10.2. The van der Waals surface area contributed by atoms with Gasteiger partial charge in [-0.05, 0) is 33.4 Å². The molecule has 1 saturated carbocycles. The van der Waals surface area contributed by atoms with E-state index in [1.54, 1.807) is 0 Å². The minimum Gasteiger partial charge on any atom is -0.462 e. The molecule has 0 N–H and O–H groups in total. The van der Waals surface area contributed by atoms with Crippen LogP contribution in [-0.4, -0.2) is 37.6 Å². The number of hydrogen-bond donors (Lipinski definition) is 0. The summed E-state index contributed by atoms with van der Waals surface area (Å²) in [6.45, 7) is 2.54. The lowest BCUT2D eigenvalue weighted by Crippen LogP contribution is -2.33. The van der Waals surface area contributed by atoms with Gasteiger partial charge in [-0.1, -0.05) is 12.8 Å². The highest BCUT2D eigenvalue weighted by Gasteiger charge is 2.26. The van der Waals surface area contributed by atoms with Crippen LogP contribution in [0, 0.1) is 5.92 Å². The van der Waals surface area contributed by atoms with Crippen LogP contribution in [0.15, 0.2) is 0 Å². The first-order valence-corrected chi connectivity index (χ1v) is 5.91. The molecule has 0 aliphatic heterocycles. The second-order valence-corrected chi connectivity index (χ2v) is 4.81. The maximum atomic E-state index is 11.0. The Labute approximate surface area is 92.8 Å². The van der Waals surface area contributed by atoms with Gasteiger partial charge in [0.05, 0.1) is 0 Å². The molecule has 0 radical (unpaired) electrons. The Morgan fingerprint density at radius 2 is 1.93 bits per heavy atom. The van der Waals surface area contributed by atoms with E-state index in [0.29, 0.717) is 5.92 Å². The Morgan fingerprint density at radius 3 is 2.53 bits per heavy atom. The number of nitrogens with zero attached hydrogens (tertiary/aromatic N) is 1. The van der Waals surface area contributed by atoms with Gasteiger partial charge in [0, 0.05) is 19.4 Å². The quantitative estimate of drug-likeness (QED) is 0.531. The molecule has 0 bridgehead atoms. The summed E-state index contributed by atoms with van der Waals surface area (Å²) in [5, 5.41) is 0. The molecule has 0 aromatic carbocycles. The van der Waals surface area contributed by atoms with Crippen molar-refractivity contribution in [3.63, 3.8) is 0 Å². The number of esters is 1. The molecule has 88 valence electrons. The van der Waals surface area contributed by atoms with Gasteiger partial charge in [0.2, 0.25) is 0 Å². The monoisotopic (exact) mass is 213 g/mol. The van der Waals surface area contributed by atoms with Crippen LogP contribution in [0.2, 0.25) is 0 Å². The number of hydrogen-bond acceptors (Lipinski definition) is 3. The van der Waals surface area contributed by atoms with Crippen molar-refractivity contribution in [3.8, 4) is 0 Å². The van der Waals surface area contributed by atoms with Crippen molar-refractivity contribution in [2.45, 2.75) is 45.1 Å². The van der Waals surface area contributed by atoms with Crippen LogP contribution in [-0.2, 0) is 9.53 Å². The molecule has 15 heavy (non-hydrogen) atoms. The van der Waals surface area contributed by atoms with Crippen molar-refractivity contribution in [2.24, 2.45) is 5.92 Å². The lowest BCUT2D eigenvalue weighted by molar-refractivity contribution is -0.149. The van der Waals surface area contributed by atoms with Crippen LogP contribution in [0.25, 0.3) is 0 Å². The third-order valence-corrected chi connectivity index (χ3v) is 3.01. The van der Waals surface area contributed by atoms with Crippen molar-refractivity contribution < 1.29 is 9.53 Å². The van der Waals surface area contributed by atoms with Crippen LogP contribution >= 0.6 is 0 Å². The Kier molecular flexibility index (Phi) is 5.09. The predicted molar refractivity (Wildman–Crippen MR) is 60.7 cm³/mol. The van der Waals surface area contributed by atoms with Gasteiger partial charge in [0.25, 0.3) is 0 Å². The van der Waals surface area contributed by atoms with Crippen LogP contribution in [0.5, 0.6) is 0 Å². The third-order valence-electron chi connectivity index (χ3n) is 3.01. The first-order valence-electron chi connectivity index (χ1n) is 5.91. The lowest BCUT2D eigenvalue weighted by Gasteiger charge is -2.27. The summed E-state index contributed by atoms with van der Waals surface area (Å²) in [6.07, 6.45) is 6.13. The lowest BCUT2D eigenvalue weighted by atomic mass is 9.96. The van der Waals surface area contributed by atoms with Crippen LogP contribution in [0.4, 0.5) is 0 Å². The maximum Gasteiger partial charge on any atom is 0.302 e. The molecule has 1 rings (SSSR count). The Hall–Kier alpha value is -0.570. The topological polar surface area (TPSA) is 29.5 Å². The number of carbonyl (C=O) groups is 1. The van der Waals surface area contributed by atoms with Crippen molar-refractivity contribution in [1.82, 2.24) is 4.90 Å². The molecule has 0 spiro atoms. The van der Waals surface area contributed by atoms with E-state index < -0.39 is 0 Å². The van der Waals surface area contributed by atoms with Crippen molar-refractivity contribution in [1.29, 1.82) is 0 Å². The van der Waals surface area contributed by atoms with Gasteiger partial charge in [-0.3, -0.25) is 4.79 Å². The van der Waals surface area contributed by atoms with Gasteiger partial charge in [0.15, 0.2) is 0 Å². The standard InChI is InChI=1S/C12H23NO2/c1-10(14)15-12-8-6-4-5-7-11(12)9-13(2)3/h11-12H,4-9H2,1-3H3/t11-,12+/m0/s1. The van der Waals surface area contributed by atoms with Gasteiger partial charge in [0.1, 0.15) is 6.10 Å². The molecule has 0 aromatic heterocycles.